The molecule has 0 spiro atoms. The Kier molecular flexibility index (Phi) is 5.08. The van der Waals surface area contributed by atoms with Gasteiger partial charge in [0.25, 0.3) is 5.56 Å². The van der Waals surface area contributed by atoms with E-state index in [1.54, 1.807) is 18.5 Å². The maximum atomic E-state index is 13.0. The normalized spacial score (nSPS) is 13.0. The topological polar surface area (TPSA) is 93.8 Å². The zero-order valence-corrected chi connectivity index (χ0v) is 16.3. The molecule has 0 saturated carbocycles. The number of pyridine rings is 2. The highest BCUT2D eigenvalue weighted by Crippen LogP contribution is 2.31. The maximum Gasteiger partial charge on any atom is 0.417 e. The van der Waals surface area contributed by atoms with Crippen molar-refractivity contribution in [1.29, 1.82) is 0 Å². The molecule has 1 N–H and O–H groups in total. The van der Waals surface area contributed by atoms with Crippen molar-refractivity contribution in [3.8, 4) is 22.6 Å². The Labute approximate surface area is 171 Å². The van der Waals surface area contributed by atoms with Crippen LogP contribution in [-0.2, 0) is 6.18 Å². The SMILES string of the molecule is C[C@@H](CO)n1cnc2c(-c3cnsc3)nc(-c3ccc(C(F)(F)F)cn3)cc2c1=O. The second-order valence-corrected chi connectivity index (χ2v) is 7.24. The average Bonchev–Trinajstić information content (AvgIpc) is 3.27. The van der Waals surface area contributed by atoms with Crippen molar-refractivity contribution < 1.29 is 18.3 Å². The van der Waals surface area contributed by atoms with E-state index in [9.17, 15) is 23.1 Å². The predicted molar refractivity (Wildman–Crippen MR) is 105 cm³/mol. The van der Waals surface area contributed by atoms with Gasteiger partial charge >= 0.3 is 6.18 Å². The van der Waals surface area contributed by atoms with Gasteiger partial charge in [-0.25, -0.2) is 14.3 Å². The van der Waals surface area contributed by atoms with Crippen molar-refractivity contribution in [2.45, 2.75) is 19.1 Å². The molecular formula is C19H14F3N5O2S. The lowest BCUT2D eigenvalue weighted by molar-refractivity contribution is -0.137. The van der Waals surface area contributed by atoms with Crippen LogP contribution in [0, 0.1) is 0 Å². The molecule has 0 aliphatic rings. The lowest BCUT2D eigenvalue weighted by Gasteiger charge is -2.14. The number of aromatic nitrogens is 5. The second kappa shape index (κ2) is 7.58. The first kappa shape index (κ1) is 20.1. The first-order valence-electron chi connectivity index (χ1n) is 8.75. The minimum Gasteiger partial charge on any atom is -0.394 e. The highest BCUT2D eigenvalue weighted by molar-refractivity contribution is 7.03. The lowest BCUT2D eigenvalue weighted by atomic mass is 10.1. The average molecular weight is 433 g/mol. The summed E-state index contributed by atoms with van der Waals surface area (Å²) in [5.41, 5.74) is 0.455. The number of halogens is 3. The third kappa shape index (κ3) is 3.57. The number of fused-ring (bicyclic) bond motifs is 1. The third-order valence-electron chi connectivity index (χ3n) is 4.57. The summed E-state index contributed by atoms with van der Waals surface area (Å²) in [5, 5.41) is 11.4. The van der Waals surface area contributed by atoms with Gasteiger partial charge in [-0.05, 0) is 36.7 Å². The maximum absolute atomic E-state index is 13.0. The Morgan fingerprint density at radius 3 is 2.60 bits per heavy atom. The van der Waals surface area contributed by atoms with Gasteiger partial charge in [0.05, 0.1) is 53.2 Å². The number of aliphatic hydroxyl groups excluding tert-OH is 1. The molecule has 30 heavy (non-hydrogen) atoms. The Balaban J connectivity index is 1.96. The third-order valence-corrected chi connectivity index (χ3v) is 5.15. The van der Waals surface area contributed by atoms with Gasteiger partial charge in [0, 0.05) is 17.1 Å². The van der Waals surface area contributed by atoms with Gasteiger partial charge in [0.15, 0.2) is 0 Å². The Morgan fingerprint density at radius 1 is 1.20 bits per heavy atom. The summed E-state index contributed by atoms with van der Waals surface area (Å²) >= 11 is 1.19. The van der Waals surface area contributed by atoms with Crippen molar-refractivity contribution in [3.63, 3.8) is 0 Å². The number of hydrogen-bond donors (Lipinski definition) is 1. The van der Waals surface area contributed by atoms with E-state index < -0.39 is 23.3 Å². The number of nitrogens with zero attached hydrogens (tertiary/aromatic N) is 5. The molecule has 0 radical (unpaired) electrons. The van der Waals surface area contributed by atoms with Crippen LogP contribution in [0.2, 0.25) is 0 Å². The fourth-order valence-corrected chi connectivity index (χ4v) is 3.43. The monoisotopic (exact) mass is 433 g/mol. The highest BCUT2D eigenvalue weighted by atomic mass is 32.1. The van der Waals surface area contributed by atoms with E-state index in [4.69, 9.17) is 0 Å². The minimum atomic E-state index is -4.51. The van der Waals surface area contributed by atoms with Gasteiger partial charge in [0.2, 0.25) is 0 Å². The quantitative estimate of drug-likeness (QED) is 0.529. The van der Waals surface area contributed by atoms with E-state index >= 15 is 0 Å². The fraction of sp³-hybridized carbons (Fsp3) is 0.211. The van der Waals surface area contributed by atoms with Crippen LogP contribution in [-0.4, -0.2) is 35.6 Å². The molecule has 0 aliphatic carbocycles. The molecule has 4 rings (SSSR count). The summed E-state index contributed by atoms with van der Waals surface area (Å²) in [6, 6.07) is 3.07. The number of aliphatic hydroxyl groups is 1. The number of alkyl halides is 3. The molecule has 154 valence electrons. The molecule has 0 saturated heterocycles. The minimum absolute atomic E-state index is 0.180. The summed E-state index contributed by atoms with van der Waals surface area (Å²) in [4.78, 5) is 25.8. The van der Waals surface area contributed by atoms with Crippen LogP contribution in [0.1, 0.15) is 18.5 Å². The summed E-state index contributed by atoms with van der Waals surface area (Å²) < 4.78 is 43.9. The molecule has 0 aromatic carbocycles. The van der Waals surface area contributed by atoms with Crippen LogP contribution in [0.5, 0.6) is 0 Å². The molecule has 0 aliphatic heterocycles. The zero-order valence-electron chi connectivity index (χ0n) is 15.5. The number of rotatable bonds is 4. The number of hydrogen-bond acceptors (Lipinski definition) is 7. The molecule has 1 atom stereocenters. The molecule has 4 aromatic heterocycles. The summed E-state index contributed by atoms with van der Waals surface area (Å²) in [5.74, 6) is 0. The highest BCUT2D eigenvalue weighted by Gasteiger charge is 2.30. The van der Waals surface area contributed by atoms with E-state index in [1.807, 2.05) is 0 Å². The predicted octanol–water partition coefficient (Wildman–Crippen LogP) is 3.55. The van der Waals surface area contributed by atoms with Crippen LogP contribution < -0.4 is 5.56 Å². The Hall–Kier alpha value is -3.18. The zero-order chi connectivity index (χ0) is 21.5. The Bertz CT molecular complexity index is 1250. The van der Waals surface area contributed by atoms with Gasteiger partial charge in [-0.3, -0.25) is 14.3 Å². The van der Waals surface area contributed by atoms with Gasteiger partial charge in [0.1, 0.15) is 5.52 Å². The van der Waals surface area contributed by atoms with Gasteiger partial charge in [-0.1, -0.05) is 0 Å². The summed E-state index contributed by atoms with van der Waals surface area (Å²) in [7, 11) is 0. The van der Waals surface area contributed by atoms with Crippen LogP contribution in [0.15, 0.2) is 47.1 Å². The molecule has 0 amide bonds. The molecule has 0 bridgehead atoms. The molecule has 4 heterocycles. The molecule has 7 nitrogen and oxygen atoms in total. The fourth-order valence-electron chi connectivity index (χ4n) is 2.91. The Morgan fingerprint density at radius 2 is 2.00 bits per heavy atom. The van der Waals surface area contributed by atoms with Crippen molar-refractivity contribution >= 4 is 22.4 Å². The molecular weight excluding hydrogens is 419 g/mol. The van der Waals surface area contributed by atoms with Crippen molar-refractivity contribution in [2.75, 3.05) is 6.61 Å². The summed E-state index contributed by atoms with van der Waals surface area (Å²) in [6.07, 6.45) is -0.872. The van der Waals surface area contributed by atoms with Crippen LogP contribution in [0.4, 0.5) is 13.2 Å². The van der Waals surface area contributed by atoms with Gasteiger partial charge < -0.3 is 5.11 Å². The van der Waals surface area contributed by atoms with E-state index in [0.29, 0.717) is 16.8 Å². The van der Waals surface area contributed by atoms with Crippen LogP contribution >= 0.6 is 11.5 Å². The van der Waals surface area contributed by atoms with Crippen LogP contribution in [0.25, 0.3) is 33.5 Å². The van der Waals surface area contributed by atoms with Crippen molar-refractivity contribution in [1.82, 2.24) is 23.9 Å². The van der Waals surface area contributed by atoms with E-state index in [1.165, 1.54) is 34.6 Å². The standard InChI is InChI=1S/C19H14F3N5O2S/c1-10(7-28)27-9-24-17-13(18(27)29)4-15(26-16(17)11-5-25-30-8-11)14-3-2-12(6-23-14)19(20,21)22/h2-6,8-10,28H,7H2,1H3/t10-/m0/s1. The molecule has 4 aromatic rings. The molecule has 0 unspecified atom stereocenters. The summed E-state index contributed by atoms with van der Waals surface area (Å²) in [6.45, 7) is 1.41. The van der Waals surface area contributed by atoms with Crippen molar-refractivity contribution in [3.05, 3.63) is 58.2 Å². The lowest BCUT2D eigenvalue weighted by Crippen LogP contribution is -2.25. The van der Waals surface area contributed by atoms with Gasteiger partial charge in [-0.2, -0.15) is 13.2 Å². The van der Waals surface area contributed by atoms with E-state index in [2.05, 4.69) is 19.3 Å². The largest absolute Gasteiger partial charge is 0.417 e. The van der Waals surface area contributed by atoms with Crippen molar-refractivity contribution in [2.24, 2.45) is 0 Å². The van der Waals surface area contributed by atoms with Gasteiger partial charge in [-0.15, -0.1) is 0 Å². The molecule has 11 heteroatoms. The smallest absolute Gasteiger partial charge is 0.394 e. The second-order valence-electron chi connectivity index (χ2n) is 6.58. The first-order valence-corrected chi connectivity index (χ1v) is 9.59. The van der Waals surface area contributed by atoms with E-state index in [-0.39, 0.29) is 23.4 Å². The van der Waals surface area contributed by atoms with E-state index in [0.717, 1.165) is 12.3 Å². The molecule has 0 fully saturated rings. The first-order chi connectivity index (χ1) is 14.3. The van der Waals surface area contributed by atoms with Crippen LogP contribution in [0.3, 0.4) is 0 Å².